The highest BCUT2D eigenvalue weighted by Gasteiger charge is 2.22. The molecule has 1 atom stereocenters. The lowest BCUT2D eigenvalue weighted by atomic mass is 9.85. The number of carbonyl (C=O) groups is 1. The maximum atomic E-state index is 11.6. The number of rotatable bonds is 2. The lowest BCUT2D eigenvalue weighted by molar-refractivity contribution is 0.218. The predicted molar refractivity (Wildman–Crippen MR) is 77.9 cm³/mol. The Bertz CT molecular complexity index is 491. The fourth-order valence-electron chi connectivity index (χ4n) is 2.41. The number of hydrogen-bond acceptors (Lipinski definition) is 2. The Kier molecular flexibility index (Phi) is 3.54. The molecule has 0 saturated heterocycles. The number of nitrogens with zero attached hydrogens (tertiary/aromatic N) is 1. The lowest BCUT2D eigenvalue weighted by Crippen LogP contribution is -2.35. The van der Waals surface area contributed by atoms with Crippen molar-refractivity contribution in [3.05, 3.63) is 29.3 Å². The van der Waals surface area contributed by atoms with E-state index in [1.807, 2.05) is 12.1 Å². The van der Waals surface area contributed by atoms with Crippen LogP contribution >= 0.6 is 0 Å². The first-order chi connectivity index (χ1) is 8.76. The summed E-state index contributed by atoms with van der Waals surface area (Å²) in [6.07, 6.45) is 0.938. The molecule has 1 aliphatic heterocycles. The minimum absolute atomic E-state index is 0.0354. The van der Waals surface area contributed by atoms with Crippen molar-refractivity contribution >= 4 is 11.7 Å². The first-order valence-electron chi connectivity index (χ1n) is 6.67. The molecule has 1 aromatic carbocycles. The summed E-state index contributed by atoms with van der Waals surface area (Å²) in [5.74, 6) is 0. The molecule has 4 nitrogen and oxygen atoms in total. The molecule has 1 aliphatic rings. The van der Waals surface area contributed by atoms with E-state index in [4.69, 9.17) is 5.73 Å². The van der Waals surface area contributed by atoms with Gasteiger partial charge in [0, 0.05) is 25.3 Å². The molecule has 0 fully saturated rings. The Balaban J connectivity index is 2.22. The van der Waals surface area contributed by atoms with Gasteiger partial charge in [-0.3, -0.25) is 0 Å². The van der Waals surface area contributed by atoms with Gasteiger partial charge in [-0.1, -0.05) is 32.9 Å². The molecule has 0 aliphatic carbocycles. The number of hydrogen-bond donors (Lipinski definition) is 2. The van der Waals surface area contributed by atoms with E-state index in [9.17, 15) is 4.79 Å². The van der Waals surface area contributed by atoms with Crippen molar-refractivity contribution in [3.8, 4) is 0 Å². The van der Waals surface area contributed by atoms with Gasteiger partial charge in [0.2, 0.25) is 0 Å². The average molecular weight is 261 g/mol. The number of nitrogens with one attached hydrogen (secondary N) is 1. The standard InChI is InChI=1S/C15H23N3O/c1-15(2,3)8-12(16)10-5-6-13-11(7-10)9-18(4)14(19)17-13/h5-7,12H,8-9,16H2,1-4H3,(H,17,19). The summed E-state index contributed by atoms with van der Waals surface area (Å²) in [6.45, 7) is 7.22. The third-order valence-electron chi connectivity index (χ3n) is 3.39. The summed E-state index contributed by atoms with van der Waals surface area (Å²) < 4.78 is 0. The van der Waals surface area contributed by atoms with E-state index in [-0.39, 0.29) is 17.5 Å². The molecule has 19 heavy (non-hydrogen) atoms. The zero-order valence-corrected chi connectivity index (χ0v) is 12.2. The Morgan fingerprint density at radius 3 is 2.74 bits per heavy atom. The van der Waals surface area contributed by atoms with Crippen molar-refractivity contribution in [2.75, 3.05) is 12.4 Å². The smallest absolute Gasteiger partial charge is 0.321 e. The normalized spacial score (nSPS) is 16.9. The van der Waals surface area contributed by atoms with Gasteiger partial charge in [-0.15, -0.1) is 0 Å². The second-order valence-corrected chi connectivity index (χ2v) is 6.57. The Morgan fingerprint density at radius 1 is 1.42 bits per heavy atom. The van der Waals surface area contributed by atoms with Gasteiger partial charge in [-0.25, -0.2) is 4.79 Å². The number of amides is 2. The third kappa shape index (κ3) is 3.26. The number of nitrogens with two attached hydrogens (primary N) is 1. The highest BCUT2D eigenvalue weighted by Crippen LogP contribution is 2.31. The van der Waals surface area contributed by atoms with Crippen LogP contribution in [0, 0.1) is 5.41 Å². The zero-order chi connectivity index (χ0) is 14.2. The SMILES string of the molecule is CN1Cc2cc(C(N)CC(C)(C)C)ccc2NC1=O. The van der Waals surface area contributed by atoms with Gasteiger partial charge < -0.3 is 16.0 Å². The third-order valence-corrected chi connectivity index (χ3v) is 3.39. The van der Waals surface area contributed by atoms with Gasteiger partial charge in [0.25, 0.3) is 0 Å². The number of urea groups is 1. The second kappa shape index (κ2) is 4.85. The van der Waals surface area contributed by atoms with Crippen molar-refractivity contribution in [2.45, 2.75) is 39.8 Å². The largest absolute Gasteiger partial charge is 0.324 e. The summed E-state index contributed by atoms with van der Waals surface area (Å²) in [6, 6.07) is 6.06. The quantitative estimate of drug-likeness (QED) is 0.859. The molecule has 1 heterocycles. The van der Waals surface area contributed by atoms with Gasteiger partial charge in [0.15, 0.2) is 0 Å². The Morgan fingerprint density at radius 2 is 2.11 bits per heavy atom. The van der Waals surface area contributed by atoms with Crippen LogP contribution in [0.15, 0.2) is 18.2 Å². The molecule has 0 radical (unpaired) electrons. The maximum absolute atomic E-state index is 11.6. The summed E-state index contributed by atoms with van der Waals surface area (Å²) >= 11 is 0. The van der Waals surface area contributed by atoms with Gasteiger partial charge in [0.1, 0.15) is 0 Å². The van der Waals surface area contributed by atoms with Crippen LogP contribution in [0.5, 0.6) is 0 Å². The molecular formula is C15H23N3O. The molecule has 1 aromatic rings. The summed E-state index contributed by atoms with van der Waals surface area (Å²) in [5.41, 5.74) is 9.65. The predicted octanol–water partition coefficient (Wildman–Crippen LogP) is 3.10. The molecule has 2 rings (SSSR count). The summed E-state index contributed by atoms with van der Waals surface area (Å²) in [5, 5.41) is 2.87. The molecular weight excluding hydrogens is 238 g/mol. The lowest BCUT2D eigenvalue weighted by Gasteiger charge is -2.28. The highest BCUT2D eigenvalue weighted by atomic mass is 16.2. The van der Waals surface area contributed by atoms with E-state index in [2.05, 4.69) is 32.2 Å². The van der Waals surface area contributed by atoms with Crippen molar-refractivity contribution < 1.29 is 4.79 Å². The number of carbonyl (C=O) groups excluding carboxylic acids is 1. The van der Waals surface area contributed by atoms with E-state index in [0.717, 1.165) is 23.2 Å². The van der Waals surface area contributed by atoms with Crippen LogP contribution < -0.4 is 11.1 Å². The number of anilines is 1. The number of fused-ring (bicyclic) bond motifs is 1. The molecule has 3 N–H and O–H groups in total. The molecule has 0 aromatic heterocycles. The van der Waals surface area contributed by atoms with E-state index in [1.165, 1.54) is 0 Å². The molecule has 0 saturated carbocycles. The van der Waals surface area contributed by atoms with Gasteiger partial charge in [-0.2, -0.15) is 0 Å². The molecule has 0 bridgehead atoms. The number of benzene rings is 1. The van der Waals surface area contributed by atoms with Crippen molar-refractivity contribution in [2.24, 2.45) is 11.1 Å². The van der Waals surface area contributed by atoms with Crippen LogP contribution in [0.3, 0.4) is 0 Å². The first-order valence-corrected chi connectivity index (χ1v) is 6.67. The topological polar surface area (TPSA) is 58.4 Å². The van der Waals surface area contributed by atoms with Gasteiger partial charge in [0.05, 0.1) is 0 Å². The van der Waals surface area contributed by atoms with Crippen LogP contribution in [0.2, 0.25) is 0 Å². The second-order valence-electron chi connectivity index (χ2n) is 6.57. The van der Waals surface area contributed by atoms with Crippen molar-refractivity contribution in [1.29, 1.82) is 0 Å². The van der Waals surface area contributed by atoms with Crippen LogP contribution in [-0.2, 0) is 6.54 Å². The van der Waals surface area contributed by atoms with E-state index >= 15 is 0 Å². The van der Waals surface area contributed by atoms with Gasteiger partial charge >= 0.3 is 6.03 Å². The van der Waals surface area contributed by atoms with Crippen molar-refractivity contribution in [3.63, 3.8) is 0 Å². The molecule has 2 amide bonds. The Labute approximate surface area is 115 Å². The molecule has 4 heteroatoms. The highest BCUT2D eigenvalue weighted by molar-refractivity contribution is 5.92. The zero-order valence-electron chi connectivity index (χ0n) is 12.2. The van der Waals surface area contributed by atoms with Crippen LogP contribution in [0.4, 0.5) is 10.5 Å². The maximum Gasteiger partial charge on any atom is 0.321 e. The first kappa shape index (κ1) is 13.9. The summed E-state index contributed by atoms with van der Waals surface area (Å²) in [4.78, 5) is 13.2. The summed E-state index contributed by atoms with van der Waals surface area (Å²) in [7, 11) is 1.79. The molecule has 104 valence electrons. The van der Waals surface area contributed by atoms with Crippen LogP contribution in [0.1, 0.15) is 44.4 Å². The minimum Gasteiger partial charge on any atom is -0.324 e. The molecule has 0 spiro atoms. The van der Waals surface area contributed by atoms with Gasteiger partial charge in [-0.05, 0) is 29.0 Å². The van der Waals surface area contributed by atoms with E-state index in [0.29, 0.717) is 6.54 Å². The van der Waals surface area contributed by atoms with E-state index < -0.39 is 0 Å². The van der Waals surface area contributed by atoms with Crippen molar-refractivity contribution in [1.82, 2.24) is 4.90 Å². The van der Waals surface area contributed by atoms with E-state index in [1.54, 1.807) is 11.9 Å². The Hall–Kier alpha value is -1.55. The molecule has 1 unspecified atom stereocenters. The van der Waals surface area contributed by atoms with Crippen LogP contribution in [0.25, 0.3) is 0 Å². The minimum atomic E-state index is -0.0563. The fraction of sp³-hybridized carbons (Fsp3) is 0.533. The monoisotopic (exact) mass is 261 g/mol. The fourth-order valence-corrected chi connectivity index (χ4v) is 2.41. The van der Waals surface area contributed by atoms with Crippen LogP contribution in [-0.4, -0.2) is 18.0 Å². The average Bonchev–Trinajstić information content (AvgIpc) is 2.27.